The van der Waals surface area contributed by atoms with E-state index in [2.05, 4.69) is 17.2 Å². The lowest BCUT2D eigenvalue weighted by Gasteiger charge is -2.41. The lowest BCUT2D eigenvalue weighted by atomic mass is 9.78. The average Bonchev–Trinajstić information content (AvgIpc) is 3.07. The topological polar surface area (TPSA) is 129 Å². The number of nitrogens with two attached hydrogens (primary N) is 1. The number of ether oxygens (including phenoxy) is 1. The molecule has 10 nitrogen and oxygen atoms in total. The van der Waals surface area contributed by atoms with E-state index < -0.39 is 47.2 Å². The Bertz CT molecular complexity index is 1840. The van der Waals surface area contributed by atoms with Gasteiger partial charge >= 0.3 is 6.18 Å². The van der Waals surface area contributed by atoms with E-state index in [0.29, 0.717) is 30.5 Å². The highest BCUT2D eigenvalue weighted by molar-refractivity contribution is 6.16. The number of nitrogens with one attached hydrogen (secondary N) is 2. The number of halogens is 4. The molecule has 2 aliphatic heterocycles. The van der Waals surface area contributed by atoms with E-state index in [1.807, 2.05) is 11.9 Å². The quantitative estimate of drug-likeness (QED) is 0.199. The molecule has 3 aromatic carbocycles. The molecular weight excluding hydrogens is 668 g/mol. The Morgan fingerprint density at radius 3 is 2.35 bits per heavy atom. The maximum atomic E-state index is 14.3. The second-order valence-corrected chi connectivity index (χ2v) is 12.2. The van der Waals surface area contributed by atoms with E-state index in [1.165, 1.54) is 35.2 Å². The molecule has 2 atom stereocenters. The molecule has 3 amide bonds. The second-order valence-electron chi connectivity index (χ2n) is 12.2. The fourth-order valence-corrected chi connectivity index (χ4v) is 5.87. The van der Waals surface area contributed by atoms with Crippen molar-refractivity contribution in [3.63, 3.8) is 0 Å². The van der Waals surface area contributed by atoms with Gasteiger partial charge in [0.15, 0.2) is 0 Å². The van der Waals surface area contributed by atoms with Crippen molar-refractivity contribution in [1.29, 1.82) is 0 Å². The number of carbonyl (C=O) groups excluding carboxylic acids is 3. The van der Waals surface area contributed by atoms with Crippen LogP contribution in [0.5, 0.6) is 0 Å². The van der Waals surface area contributed by atoms with E-state index in [4.69, 9.17) is 15.5 Å². The minimum Gasteiger partial charge on any atom is -0.400 e. The standard InChI is InChI=1S/C37H38F4N6O4/c1-4-47-33(44-27-11-6-5-7-12-27)31(29(42)18-43-34(48)22(2)19-46(3)28-20-51-21-28)30(23-13-15-26(38)16-14-23)32(36(47)50)45-35(49)24-9-8-10-25(17-24)37(39,40)41/h5-17,28,30,32H,2,4,18-21,42H2,1,3H3,(H,43,48)(H,45,49)/b31-29-,44-33?. The van der Waals surface area contributed by atoms with Gasteiger partial charge in [-0.3, -0.25) is 24.2 Å². The van der Waals surface area contributed by atoms with Gasteiger partial charge in [-0.05, 0) is 62.0 Å². The van der Waals surface area contributed by atoms with Gasteiger partial charge in [-0.15, -0.1) is 0 Å². The summed E-state index contributed by atoms with van der Waals surface area (Å²) < 4.78 is 60.0. The summed E-state index contributed by atoms with van der Waals surface area (Å²) in [6.45, 7) is 6.82. The molecule has 2 heterocycles. The third kappa shape index (κ3) is 8.52. The summed E-state index contributed by atoms with van der Waals surface area (Å²) in [5.74, 6) is -3.60. The van der Waals surface area contributed by atoms with Crippen molar-refractivity contribution < 1.29 is 36.7 Å². The summed E-state index contributed by atoms with van der Waals surface area (Å²) in [7, 11) is 1.85. The highest BCUT2D eigenvalue weighted by Gasteiger charge is 2.46. The molecule has 51 heavy (non-hydrogen) atoms. The number of amides is 3. The molecule has 2 saturated heterocycles. The highest BCUT2D eigenvalue weighted by atomic mass is 19.4. The van der Waals surface area contributed by atoms with Crippen molar-refractivity contribution in [3.05, 3.63) is 125 Å². The number of piperidine rings is 1. The van der Waals surface area contributed by atoms with E-state index in [1.54, 1.807) is 37.3 Å². The van der Waals surface area contributed by atoms with Crippen LogP contribution in [0.15, 0.2) is 107 Å². The number of alkyl halides is 3. The summed E-state index contributed by atoms with van der Waals surface area (Å²) in [4.78, 5) is 49.1. The number of para-hydroxylation sites is 1. The molecule has 268 valence electrons. The largest absolute Gasteiger partial charge is 0.416 e. The lowest BCUT2D eigenvalue weighted by Crippen LogP contribution is -2.59. The molecule has 2 unspecified atom stereocenters. The van der Waals surface area contributed by atoms with Gasteiger partial charge < -0.3 is 21.1 Å². The number of benzene rings is 3. The third-order valence-corrected chi connectivity index (χ3v) is 8.74. The number of rotatable bonds is 11. The Labute approximate surface area is 292 Å². The van der Waals surface area contributed by atoms with Crippen molar-refractivity contribution >= 4 is 29.2 Å². The molecule has 0 radical (unpaired) electrons. The molecule has 2 aliphatic rings. The van der Waals surface area contributed by atoms with Crippen LogP contribution in [-0.2, 0) is 20.5 Å². The van der Waals surface area contributed by atoms with Gasteiger partial charge in [0.25, 0.3) is 11.8 Å². The first kappa shape index (κ1) is 36.9. The Hall–Kier alpha value is -5.34. The smallest absolute Gasteiger partial charge is 0.400 e. The molecule has 0 aliphatic carbocycles. The van der Waals surface area contributed by atoms with Crippen molar-refractivity contribution in [1.82, 2.24) is 20.4 Å². The molecule has 0 aromatic heterocycles. The van der Waals surface area contributed by atoms with Gasteiger partial charge in [0.05, 0.1) is 37.1 Å². The van der Waals surface area contributed by atoms with Gasteiger partial charge in [0.1, 0.15) is 17.7 Å². The van der Waals surface area contributed by atoms with Crippen molar-refractivity contribution in [2.24, 2.45) is 10.7 Å². The Balaban J connectivity index is 1.59. The molecule has 3 aromatic rings. The molecule has 5 rings (SSSR count). The predicted molar refractivity (Wildman–Crippen MR) is 183 cm³/mol. The zero-order chi connectivity index (χ0) is 36.9. The predicted octanol–water partition coefficient (Wildman–Crippen LogP) is 4.53. The number of likely N-dealkylation sites (tertiary alicyclic amines) is 1. The van der Waals surface area contributed by atoms with Crippen LogP contribution in [-0.4, -0.2) is 85.3 Å². The Morgan fingerprint density at radius 1 is 1.06 bits per heavy atom. The van der Waals surface area contributed by atoms with Crippen molar-refractivity contribution in [2.45, 2.75) is 31.1 Å². The van der Waals surface area contributed by atoms with Gasteiger partial charge in [0, 0.05) is 41.4 Å². The molecule has 2 fully saturated rings. The number of aliphatic imine (C=N–C) groups is 1. The second kappa shape index (κ2) is 15.7. The number of amidine groups is 1. The molecule has 14 heteroatoms. The van der Waals surface area contributed by atoms with Crippen molar-refractivity contribution in [2.75, 3.05) is 39.9 Å². The fraction of sp³-hybridized carbons (Fsp3) is 0.297. The van der Waals surface area contributed by atoms with Crippen molar-refractivity contribution in [3.8, 4) is 0 Å². The SMILES string of the molecule is C=C(CN(C)C1COC1)C(=O)NC/C(N)=C1/C(=Nc2ccccc2)N(CC)C(=O)C(NC(=O)c2cccc(C(F)(F)F)c2)C1c1ccc(F)cc1. The number of likely N-dealkylation sites (N-methyl/N-ethyl adjacent to an activating group) is 2. The van der Waals surface area contributed by atoms with Crippen LogP contribution in [0, 0.1) is 5.82 Å². The van der Waals surface area contributed by atoms with Gasteiger partial charge in [-0.1, -0.05) is 43.0 Å². The van der Waals surface area contributed by atoms with Gasteiger partial charge in [-0.2, -0.15) is 13.2 Å². The minimum atomic E-state index is -4.71. The maximum Gasteiger partial charge on any atom is 0.416 e. The first-order chi connectivity index (χ1) is 24.3. The molecular formula is C37H38F4N6O4. The number of carbonyl (C=O) groups is 3. The molecule has 4 N–H and O–H groups in total. The Kier molecular flexibility index (Phi) is 11.4. The van der Waals surface area contributed by atoms with Gasteiger partial charge in [0.2, 0.25) is 5.91 Å². The Morgan fingerprint density at radius 2 is 1.75 bits per heavy atom. The summed E-state index contributed by atoms with van der Waals surface area (Å²) in [5.41, 5.74) is 6.84. The number of hydrogen-bond donors (Lipinski definition) is 3. The summed E-state index contributed by atoms with van der Waals surface area (Å²) in [6, 6.07) is 16.5. The monoisotopic (exact) mass is 706 g/mol. The first-order valence-corrected chi connectivity index (χ1v) is 16.2. The van der Waals surface area contributed by atoms with Crippen LogP contribution in [0.25, 0.3) is 0 Å². The van der Waals surface area contributed by atoms with Crippen LogP contribution in [0.4, 0.5) is 23.2 Å². The number of hydrogen-bond acceptors (Lipinski definition) is 7. The van der Waals surface area contributed by atoms with Gasteiger partial charge in [-0.25, -0.2) is 9.38 Å². The number of nitrogens with zero attached hydrogens (tertiary/aromatic N) is 3. The van der Waals surface area contributed by atoms with E-state index in [-0.39, 0.29) is 53.9 Å². The van der Waals surface area contributed by atoms with E-state index in [0.717, 1.165) is 12.1 Å². The zero-order valence-electron chi connectivity index (χ0n) is 28.0. The third-order valence-electron chi connectivity index (χ3n) is 8.74. The van der Waals surface area contributed by atoms with Crippen LogP contribution < -0.4 is 16.4 Å². The van der Waals surface area contributed by atoms with E-state index >= 15 is 0 Å². The lowest BCUT2D eigenvalue weighted by molar-refractivity contribution is -0.137. The average molecular weight is 707 g/mol. The van der Waals surface area contributed by atoms with Crippen LogP contribution in [0.1, 0.15) is 34.3 Å². The fourth-order valence-electron chi connectivity index (χ4n) is 5.87. The van der Waals surface area contributed by atoms with Crippen LogP contribution in [0.2, 0.25) is 0 Å². The first-order valence-electron chi connectivity index (χ1n) is 16.2. The maximum absolute atomic E-state index is 14.3. The summed E-state index contributed by atoms with van der Waals surface area (Å²) in [5, 5.41) is 5.41. The minimum absolute atomic E-state index is 0.0632. The van der Waals surface area contributed by atoms with Crippen LogP contribution in [0.3, 0.4) is 0 Å². The molecule has 0 saturated carbocycles. The normalized spacial score (nSPS) is 19.9. The molecule has 0 bridgehead atoms. The zero-order valence-corrected chi connectivity index (χ0v) is 28.0. The molecule has 0 spiro atoms. The van der Waals surface area contributed by atoms with Crippen LogP contribution >= 0.6 is 0 Å². The van der Waals surface area contributed by atoms with E-state index in [9.17, 15) is 31.9 Å². The summed E-state index contributed by atoms with van der Waals surface area (Å²) >= 11 is 0. The summed E-state index contributed by atoms with van der Waals surface area (Å²) in [6.07, 6.45) is -4.71. The highest BCUT2D eigenvalue weighted by Crippen LogP contribution is 2.38.